The number of halogens is 1. The summed E-state index contributed by atoms with van der Waals surface area (Å²) in [7, 11) is 1.99. The van der Waals surface area contributed by atoms with Crippen LogP contribution in [-0.2, 0) is 0 Å². The second-order valence-electron chi connectivity index (χ2n) is 5.63. The highest BCUT2D eigenvalue weighted by Crippen LogP contribution is 2.31. The third-order valence-electron chi connectivity index (χ3n) is 3.79. The summed E-state index contributed by atoms with van der Waals surface area (Å²) in [6, 6.07) is 15.1. The van der Waals surface area contributed by atoms with Gasteiger partial charge in [-0.25, -0.2) is 0 Å². The quantitative estimate of drug-likeness (QED) is 0.854. The van der Waals surface area contributed by atoms with Crippen LogP contribution < -0.4 is 10.1 Å². The van der Waals surface area contributed by atoms with Crippen LogP contribution in [-0.4, -0.2) is 13.2 Å². The highest BCUT2D eigenvalue weighted by atomic mass is 79.9. The summed E-state index contributed by atoms with van der Waals surface area (Å²) in [6.07, 6.45) is 2.83. The first-order chi connectivity index (χ1) is 10.2. The first-order valence-electron chi connectivity index (χ1n) is 7.37. The van der Waals surface area contributed by atoms with Gasteiger partial charge in [0.15, 0.2) is 0 Å². The Hall–Kier alpha value is -1.32. The maximum atomic E-state index is 5.81. The van der Waals surface area contributed by atoms with E-state index in [0.29, 0.717) is 6.10 Å². The highest BCUT2D eigenvalue weighted by molar-refractivity contribution is 9.10. The molecule has 110 valence electrons. The van der Waals surface area contributed by atoms with Crippen LogP contribution in [0.2, 0.25) is 0 Å². The molecule has 1 N–H and O–H groups in total. The van der Waals surface area contributed by atoms with E-state index in [1.165, 1.54) is 29.5 Å². The molecule has 1 saturated carbocycles. The number of hydrogen-bond donors (Lipinski definition) is 1. The Morgan fingerprint density at radius 3 is 2.48 bits per heavy atom. The largest absolute Gasteiger partial charge is 0.490 e. The number of aryl methyl sites for hydroxylation is 1. The molecule has 0 spiro atoms. The number of ether oxygens (including phenoxy) is 1. The van der Waals surface area contributed by atoms with E-state index in [1.807, 2.05) is 7.05 Å². The van der Waals surface area contributed by atoms with Crippen molar-refractivity contribution in [1.82, 2.24) is 5.32 Å². The lowest BCUT2D eigenvalue weighted by Gasteiger charge is -2.20. The molecule has 21 heavy (non-hydrogen) atoms. The fourth-order valence-corrected chi connectivity index (χ4v) is 2.98. The van der Waals surface area contributed by atoms with Crippen molar-refractivity contribution in [1.29, 1.82) is 0 Å². The standard InChI is InChI=1S/C18H20BrNO/c1-12-3-10-17(19)16(11-12)18(20-2)13-4-6-14(7-5-13)21-15-8-9-15/h3-7,10-11,15,18,20H,8-9H2,1-2H3. The van der Waals surface area contributed by atoms with Crippen molar-refractivity contribution in [3.8, 4) is 5.75 Å². The predicted octanol–water partition coefficient (Wildman–Crippen LogP) is 4.61. The summed E-state index contributed by atoms with van der Waals surface area (Å²) in [4.78, 5) is 0. The van der Waals surface area contributed by atoms with Crippen LogP contribution >= 0.6 is 15.9 Å². The molecule has 2 aromatic carbocycles. The lowest BCUT2D eigenvalue weighted by atomic mass is 9.97. The van der Waals surface area contributed by atoms with Crippen molar-refractivity contribution >= 4 is 15.9 Å². The Kier molecular flexibility index (Phi) is 4.32. The molecule has 3 rings (SSSR count). The van der Waals surface area contributed by atoms with Gasteiger partial charge < -0.3 is 10.1 Å². The Bertz CT molecular complexity index is 620. The second kappa shape index (κ2) is 6.20. The Morgan fingerprint density at radius 1 is 1.14 bits per heavy atom. The summed E-state index contributed by atoms with van der Waals surface area (Å²) >= 11 is 3.66. The molecular formula is C18H20BrNO. The number of hydrogen-bond acceptors (Lipinski definition) is 2. The zero-order valence-electron chi connectivity index (χ0n) is 12.4. The first kappa shape index (κ1) is 14.6. The van der Waals surface area contributed by atoms with Gasteiger partial charge in [-0.3, -0.25) is 0 Å². The van der Waals surface area contributed by atoms with Crippen LogP contribution in [0, 0.1) is 6.92 Å². The van der Waals surface area contributed by atoms with Gasteiger partial charge in [0.2, 0.25) is 0 Å². The SMILES string of the molecule is CNC(c1ccc(OC2CC2)cc1)c1cc(C)ccc1Br. The van der Waals surface area contributed by atoms with Gasteiger partial charge in [-0.1, -0.05) is 45.8 Å². The summed E-state index contributed by atoms with van der Waals surface area (Å²) in [5.74, 6) is 0.972. The molecule has 1 fully saturated rings. The lowest BCUT2D eigenvalue weighted by molar-refractivity contribution is 0.303. The molecule has 0 amide bonds. The maximum Gasteiger partial charge on any atom is 0.119 e. The molecule has 1 atom stereocenters. The molecule has 1 aliphatic carbocycles. The molecule has 1 aliphatic rings. The highest BCUT2D eigenvalue weighted by Gasteiger charge is 2.23. The molecule has 0 saturated heterocycles. The van der Waals surface area contributed by atoms with E-state index in [4.69, 9.17) is 4.74 Å². The van der Waals surface area contributed by atoms with E-state index in [-0.39, 0.29) is 6.04 Å². The van der Waals surface area contributed by atoms with Gasteiger partial charge in [-0.15, -0.1) is 0 Å². The minimum atomic E-state index is 0.175. The van der Waals surface area contributed by atoms with Crippen LogP contribution in [0.5, 0.6) is 5.75 Å². The monoisotopic (exact) mass is 345 g/mol. The van der Waals surface area contributed by atoms with Crippen molar-refractivity contribution < 1.29 is 4.74 Å². The average molecular weight is 346 g/mol. The van der Waals surface area contributed by atoms with Gasteiger partial charge in [-0.05, 0) is 56.1 Å². The number of benzene rings is 2. The van der Waals surface area contributed by atoms with E-state index in [2.05, 4.69) is 70.6 Å². The molecule has 0 heterocycles. The second-order valence-corrected chi connectivity index (χ2v) is 6.49. The Balaban J connectivity index is 1.86. The van der Waals surface area contributed by atoms with E-state index in [0.717, 1.165) is 10.2 Å². The lowest BCUT2D eigenvalue weighted by Crippen LogP contribution is -2.18. The van der Waals surface area contributed by atoms with E-state index < -0.39 is 0 Å². The minimum Gasteiger partial charge on any atom is -0.490 e. The van der Waals surface area contributed by atoms with E-state index in [9.17, 15) is 0 Å². The smallest absolute Gasteiger partial charge is 0.119 e. The molecule has 0 bridgehead atoms. The van der Waals surface area contributed by atoms with Gasteiger partial charge in [0.05, 0.1) is 12.1 Å². The van der Waals surface area contributed by atoms with Gasteiger partial charge in [0.1, 0.15) is 5.75 Å². The van der Waals surface area contributed by atoms with E-state index in [1.54, 1.807) is 0 Å². The maximum absolute atomic E-state index is 5.81. The molecule has 0 aromatic heterocycles. The average Bonchev–Trinajstić information content (AvgIpc) is 3.29. The van der Waals surface area contributed by atoms with Gasteiger partial charge >= 0.3 is 0 Å². The molecular weight excluding hydrogens is 326 g/mol. The van der Waals surface area contributed by atoms with Crippen molar-refractivity contribution in [2.75, 3.05) is 7.05 Å². The summed E-state index contributed by atoms with van der Waals surface area (Å²) in [6.45, 7) is 2.12. The third-order valence-corrected chi connectivity index (χ3v) is 4.51. The van der Waals surface area contributed by atoms with Crippen molar-refractivity contribution in [3.05, 3.63) is 63.6 Å². The fourth-order valence-electron chi connectivity index (χ4n) is 2.50. The topological polar surface area (TPSA) is 21.3 Å². The molecule has 0 radical (unpaired) electrons. The predicted molar refractivity (Wildman–Crippen MR) is 89.9 cm³/mol. The normalized spacial score (nSPS) is 15.8. The molecule has 1 unspecified atom stereocenters. The summed E-state index contributed by atoms with van der Waals surface area (Å²) in [5.41, 5.74) is 3.77. The molecule has 0 aliphatic heterocycles. The van der Waals surface area contributed by atoms with Crippen LogP contribution in [0.4, 0.5) is 0 Å². The Morgan fingerprint density at radius 2 is 1.86 bits per heavy atom. The fraction of sp³-hybridized carbons (Fsp3) is 0.333. The van der Waals surface area contributed by atoms with E-state index >= 15 is 0 Å². The van der Waals surface area contributed by atoms with Gasteiger partial charge in [0.25, 0.3) is 0 Å². The van der Waals surface area contributed by atoms with Crippen molar-refractivity contribution in [2.45, 2.75) is 31.9 Å². The van der Waals surface area contributed by atoms with Gasteiger partial charge in [0, 0.05) is 4.47 Å². The van der Waals surface area contributed by atoms with Crippen LogP contribution in [0.25, 0.3) is 0 Å². The summed E-state index contributed by atoms with van der Waals surface area (Å²) in [5, 5.41) is 3.40. The molecule has 2 aromatic rings. The molecule has 3 heteroatoms. The Labute approximate surface area is 134 Å². The zero-order chi connectivity index (χ0) is 14.8. The summed E-state index contributed by atoms with van der Waals surface area (Å²) < 4.78 is 6.94. The van der Waals surface area contributed by atoms with Crippen LogP contribution in [0.3, 0.4) is 0 Å². The molecule has 2 nitrogen and oxygen atoms in total. The number of rotatable bonds is 5. The minimum absolute atomic E-state index is 0.175. The van der Waals surface area contributed by atoms with Gasteiger partial charge in [-0.2, -0.15) is 0 Å². The zero-order valence-corrected chi connectivity index (χ0v) is 14.0. The van der Waals surface area contributed by atoms with Crippen molar-refractivity contribution in [2.24, 2.45) is 0 Å². The third kappa shape index (κ3) is 3.47. The van der Waals surface area contributed by atoms with Crippen LogP contribution in [0.1, 0.15) is 35.6 Å². The number of nitrogens with one attached hydrogen (secondary N) is 1. The van der Waals surface area contributed by atoms with Crippen LogP contribution in [0.15, 0.2) is 46.9 Å². The first-order valence-corrected chi connectivity index (χ1v) is 8.16. The van der Waals surface area contributed by atoms with Crippen molar-refractivity contribution in [3.63, 3.8) is 0 Å².